The first-order chi connectivity index (χ1) is 12.6. The molecule has 1 aromatic heterocycles. The van der Waals surface area contributed by atoms with E-state index in [-0.39, 0.29) is 6.04 Å². The molecule has 1 heterocycles. The van der Waals surface area contributed by atoms with E-state index in [2.05, 4.69) is 10.3 Å². The van der Waals surface area contributed by atoms with Crippen molar-refractivity contribution in [3.05, 3.63) is 64.8 Å². The Morgan fingerprint density at radius 3 is 2.00 bits per heavy atom. The first-order valence-corrected chi connectivity index (χ1v) is 8.97. The second-order valence-corrected chi connectivity index (χ2v) is 6.84. The van der Waals surface area contributed by atoms with Crippen molar-refractivity contribution in [2.24, 2.45) is 0 Å². The molecule has 0 aliphatic carbocycles. The van der Waals surface area contributed by atoms with Gasteiger partial charge in [0.1, 0.15) is 5.82 Å². The molecule has 0 saturated heterocycles. The number of benzene rings is 2. The van der Waals surface area contributed by atoms with Crippen molar-refractivity contribution in [1.29, 1.82) is 0 Å². The van der Waals surface area contributed by atoms with Gasteiger partial charge in [0.25, 0.3) is 0 Å². The molecule has 134 valence electrons. The van der Waals surface area contributed by atoms with Gasteiger partial charge in [-0.15, -0.1) is 0 Å². The zero-order chi connectivity index (χ0) is 18.5. The molecule has 3 rings (SSSR count). The molecule has 0 fully saturated rings. The molecular formula is C20H19Cl2N3O. The van der Waals surface area contributed by atoms with Crippen LogP contribution in [0.5, 0.6) is 0 Å². The Morgan fingerprint density at radius 2 is 1.46 bits per heavy atom. The van der Waals surface area contributed by atoms with Crippen LogP contribution in [0.2, 0.25) is 10.0 Å². The smallest absolute Gasteiger partial charge is 0.145 e. The van der Waals surface area contributed by atoms with Crippen LogP contribution in [-0.2, 0) is 4.74 Å². The summed E-state index contributed by atoms with van der Waals surface area (Å²) in [5.41, 5.74) is 3.45. The summed E-state index contributed by atoms with van der Waals surface area (Å²) < 4.78 is 5.17. The van der Waals surface area contributed by atoms with E-state index in [1.54, 1.807) is 13.3 Å². The first kappa shape index (κ1) is 18.6. The number of aromatic nitrogens is 2. The largest absolute Gasteiger partial charge is 0.383 e. The van der Waals surface area contributed by atoms with Gasteiger partial charge in [-0.1, -0.05) is 47.5 Å². The van der Waals surface area contributed by atoms with Gasteiger partial charge in [-0.25, -0.2) is 4.98 Å². The molecule has 0 amide bonds. The average Bonchev–Trinajstić information content (AvgIpc) is 2.63. The maximum absolute atomic E-state index is 6.03. The lowest BCUT2D eigenvalue weighted by Crippen LogP contribution is -2.21. The standard InChI is InChI=1S/C20H19Cl2N3O/c1-13(12-26-2)24-18-11-23-19(14-3-7-16(21)8-4-14)20(25-18)15-5-9-17(22)10-6-15/h3-11,13H,12H2,1-2H3,(H,24,25). The molecule has 0 spiro atoms. The molecular weight excluding hydrogens is 369 g/mol. The van der Waals surface area contributed by atoms with Crippen LogP contribution in [0.4, 0.5) is 5.82 Å². The first-order valence-electron chi connectivity index (χ1n) is 8.21. The van der Waals surface area contributed by atoms with Gasteiger partial charge in [0, 0.05) is 34.3 Å². The Labute approximate surface area is 163 Å². The minimum absolute atomic E-state index is 0.119. The van der Waals surface area contributed by atoms with E-state index in [0.29, 0.717) is 22.5 Å². The number of nitrogens with zero attached hydrogens (tertiary/aromatic N) is 2. The van der Waals surface area contributed by atoms with Crippen LogP contribution in [0.25, 0.3) is 22.5 Å². The minimum Gasteiger partial charge on any atom is -0.383 e. The molecule has 26 heavy (non-hydrogen) atoms. The Morgan fingerprint density at radius 1 is 0.923 bits per heavy atom. The van der Waals surface area contributed by atoms with E-state index in [1.807, 2.05) is 55.5 Å². The number of hydrogen-bond acceptors (Lipinski definition) is 4. The normalized spacial score (nSPS) is 12.0. The Bertz CT molecular complexity index is 867. The van der Waals surface area contributed by atoms with Crippen LogP contribution in [0.1, 0.15) is 6.92 Å². The molecule has 2 aromatic carbocycles. The molecule has 1 N–H and O–H groups in total. The second-order valence-electron chi connectivity index (χ2n) is 5.97. The Balaban J connectivity index is 2.05. The van der Waals surface area contributed by atoms with Crippen molar-refractivity contribution in [3.8, 4) is 22.5 Å². The molecule has 0 saturated carbocycles. The fraction of sp³-hybridized carbons (Fsp3) is 0.200. The highest BCUT2D eigenvalue weighted by atomic mass is 35.5. The Hall–Kier alpha value is -2.14. The fourth-order valence-electron chi connectivity index (χ4n) is 2.63. The van der Waals surface area contributed by atoms with Crippen LogP contribution >= 0.6 is 23.2 Å². The van der Waals surface area contributed by atoms with Gasteiger partial charge < -0.3 is 10.1 Å². The van der Waals surface area contributed by atoms with E-state index >= 15 is 0 Å². The number of anilines is 1. The molecule has 4 nitrogen and oxygen atoms in total. The molecule has 0 radical (unpaired) electrons. The van der Waals surface area contributed by atoms with Gasteiger partial charge in [0.05, 0.1) is 24.2 Å². The van der Waals surface area contributed by atoms with Crippen molar-refractivity contribution in [3.63, 3.8) is 0 Å². The number of halogens is 2. The van der Waals surface area contributed by atoms with E-state index in [1.165, 1.54) is 0 Å². The quantitative estimate of drug-likeness (QED) is 0.600. The summed E-state index contributed by atoms with van der Waals surface area (Å²) in [6, 6.07) is 15.2. The molecule has 1 unspecified atom stereocenters. The maximum Gasteiger partial charge on any atom is 0.145 e. The van der Waals surface area contributed by atoms with Crippen LogP contribution < -0.4 is 5.32 Å². The zero-order valence-electron chi connectivity index (χ0n) is 14.5. The van der Waals surface area contributed by atoms with Crippen LogP contribution in [0.3, 0.4) is 0 Å². The highest BCUT2D eigenvalue weighted by molar-refractivity contribution is 6.31. The van der Waals surface area contributed by atoms with Crippen molar-refractivity contribution < 1.29 is 4.74 Å². The minimum atomic E-state index is 0.119. The van der Waals surface area contributed by atoms with E-state index in [9.17, 15) is 0 Å². The third kappa shape index (κ3) is 4.52. The van der Waals surface area contributed by atoms with E-state index in [0.717, 1.165) is 22.5 Å². The highest BCUT2D eigenvalue weighted by Crippen LogP contribution is 2.31. The van der Waals surface area contributed by atoms with Crippen molar-refractivity contribution in [1.82, 2.24) is 9.97 Å². The summed E-state index contributed by atoms with van der Waals surface area (Å²) >= 11 is 12.0. The van der Waals surface area contributed by atoms with Crippen molar-refractivity contribution in [2.45, 2.75) is 13.0 Å². The predicted molar refractivity (Wildman–Crippen MR) is 108 cm³/mol. The predicted octanol–water partition coefficient (Wildman–Crippen LogP) is 5.56. The Kier molecular flexibility index (Phi) is 6.09. The molecule has 1 atom stereocenters. The monoisotopic (exact) mass is 387 g/mol. The van der Waals surface area contributed by atoms with Crippen molar-refractivity contribution in [2.75, 3.05) is 19.0 Å². The van der Waals surface area contributed by atoms with Gasteiger partial charge in [0.15, 0.2) is 0 Å². The third-order valence-corrected chi connectivity index (χ3v) is 4.32. The number of nitrogens with one attached hydrogen (secondary N) is 1. The van der Waals surface area contributed by atoms with Crippen LogP contribution in [0.15, 0.2) is 54.7 Å². The van der Waals surface area contributed by atoms with Gasteiger partial charge in [-0.2, -0.15) is 0 Å². The topological polar surface area (TPSA) is 47.0 Å². The van der Waals surface area contributed by atoms with Gasteiger partial charge in [-0.3, -0.25) is 4.98 Å². The lowest BCUT2D eigenvalue weighted by molar-refractivity contribution is 0.190. The SMILES string of the molecule is COCC(C)Nc1cnc(-c2ccc(Cl)cc2)c(-c2ccc(Cl)cc2)n1. The molecule has 0 bridgehead atoms. The number of hydrogen-bond donors (Lipinski definition) is 1. The number of rotatable bonds is 6. The van der Waals surface area contributed by atoms with E-state index < -0.39 is 0 Å². The average molecular weight is 388 g/mol. The van der Waals surface area contributed by atoms with Crippen LogP contribution in [0, 0.1) is 0 Å². The second kappa shape index (κ2) is 8.49. The molecule has 3 aromatic rings. The lowest BCUT2D eigenvalue weighted by Gasteiger charge is -2.16. The summed E-state index contributed by atoms with van der Waals surface area (Å²) in [6.45, 7) is 2.61. The molecule has 6 heteroatoms. The lowest BCUT2D eigenvalue weighted by atomic mass is 10.0. The third-order valence-electron chi connectivity index (χ3n) is 3.82. The van der Waals surface area contributed by atoms with Crippen LogP contribution in [-0.4, -0.2) is 29.7 Å². The zero-order valence-corrected chi connectivity index (χ0v) is 16.1. The molecule has 0 aliphatic heterocycles. The van der Waals surface area contributed by atoms with Gasteiger partial charge >= 0.3 is 0 Å². The van der Waals surface area contributed by atoms with Crippen molar-refractivity contribution >= 4 is 29.0 Å². The molecule has 0 aliphatic rings. The van der Waals surface area contributed by atoms with Gasteiger partial charge in [0.2, 0.25) is 0 Å². The maximum atomic E-state index is 6.03. The summed E-state index contributed by atoms with van der Waals surface area (Å²) in [6.07, 6.45) is 1.73. The number of methoxy groups -OCH3 is 1. The summed E-state index contributed by atoms with van der Waals surface area (Å²) in [5.74, 6) is 0.692. The highest BCUT2D eigenvalue weighted by Gasteiger charge is 2.13. The van der Waals surface area contributed by atoms with Gasteiger partial charge in [-0.05, 0) is 31.2 Å². The number of ether oxygens (including phenoxy) is 1. The fourth-order valence-corrected chi connectivity index (χ4v) is 2.88. The van der Waals surface area contributed by atoms with E-state index in [4.69, 9.17) is 32.9 Å². The summed E-state index contributed by atoms with van der Waals surface area (Å²) in [5, 5.41) is 4.67. The summed E-state index contributed by atoms with van der Waals surface area (Å²) in [7, 11) is 1.67. The summed E-state index contributed by atoms with van der Waals surface area (Å²) in [4.78, 5) is 9.44.